The highest BCUT2D eigenvalue weighted by Gasteiger charge is 2.27. The number of hydrogen-bond donors (Lipinski definition) is 1. The van der Waals surface area contributed by atoms with Gasteiger partial charge in [0.25, 0.3) is 5.91 Å². The predicted molar refractivity (Wildman–Crippen MR) is 67.4 cm³/mol. The van der Waals surface area contributed by atoms with Gasteiger partial charge in [-0.05, 0) is 48.0 Å². The molecule has 0 spiro atoms. The number of halogens is 2. The zero-order valence-corrected chi connectivity index (χ0v) is 11.6. The molecule has 0 bridgehead atoms. The van der Waals surface area contributed by atoms with E-state index in [1.54, 1.807) is 20.9 Å². The molecule has 0 aliphatic rings. The zero-order chi connectivity index (χ0) is 13.2. The Morgan fingerprint density at radius 2 is 2.12 bits per heavy atom. The Morgan fingerprint density at radius 3 is 2.59 bits per heavy atom. The Kier molecular flexibility index (Phi) is 4.27. The van der Waals surface area contributed by atoms with Crippen molar-refractivity contribution >= 4 is 21.8 Å². The average molecular weight is 304 g/mol. The van der Waals surface area contributed by atoms with E-state index in [4.69, 9.17) is 0 Å². The van der Waals surface area contributed by atoms with E-state index in [0.29, 0.717) is 5.56 Å². The van der Waals surface area contributed by atoms with Crippen molar-refractivity contribution < 1.29 is 14.3 Å². The maximum Gasteiger partial charge on any atom is 0.254 e. The Labute approximate surface area is 108 Å². The molecule has 0 aliphatic heterocycles. The SMILES string of the molecule is CN(C(=O)c1ccc(F)c(Br)c1)C(C)(C)CO. The largest absolute Gasteiger partial charge is 0.394 e. The van der Waals surface area contributed by atoms with Crippen LogP contribution in [0.3, 0.4) is 0 Å². The van der Waals surface area contributed by atoms with Crippen molar-refractivity contribution in [3.63, 3.8) is 0 Å². The Hall–Kier alpha value is -0.940. The van der Waals surface area contributed by atoms with Gasteiger partial charge in [-0.15, -0.1) is 0 Å². The molecule has 17 heavy (non-hydrogen) atoms. The fourth-order valence-electron chi connectivity index (χ4n) is 1.20. The molecular formula is C12H15BrFNO2. The maximum atomic E-state index is 13.1. The lowest BCUT2D eigenvalue weighted by Crippen LogP contribution is -2.47. The quantitative estimate of drug-likeness (QED) is 0.932. The molecule has 0 atom stereocenters. The highest BCUT2D eigenvalue weighted by atomic mass is 79.9. The number of amides is 1. The van der Waals surface area contributed by atoms with Gasteiger partial charge in [0.2, 0.25) is 0 Å². The smallest absolute Gasteiger partial charge is 0.254 e. The number of carbonyl (C=O) groups excluding carboxylic acids is 1. The first kappa shape index (κ1) is 14.1. The highest BCUT2D eigenvalue weighted by molar-refractivity contribution is 9.10. The summed E-state index contributed by atoms with van der Waals surface area (Å²) in [6.45, 7) is 3.37. The standard InChI is InChI=1S/C12H15BrFNO2/c1-12(2,7-16)15(3)11(17)8-4-5-10(14)9(13)6-8/h4-6,16H,7H2,1-3H3. The number of likely N-dealkylation sites (N-methyl/N-ethyl adjacent to an activating group) is 1. The minimum absolute atomic E-state index is 0.141. The monoisotopic (exact) mass is 303 g/mol. The van der Waals surface area contributed by atoms with Gasteiger partial charge in [-0.1, -0.05) is 0 Å². The van der Waals surface area contributed by atoms with Crippen LogP contribution in [0.4, 0.5) is 4.39 Å². The molecule has 3 nitrogen and oxygen atoms in total. The Bertz CT molecular complexity index is 435. The summed E-state index contributed by atoms with van der Waals surface area (Å²) in [5, 5.41) is 9.20. The molecular weight excluding hydrogens is 289 g/mol. The molecule has 94 valence electrons. The van der Waals surface area contributed by atoms with Gasteiger partial charge in [0.1, 0.15) is 5.82 Å². The van der Waals surface area contributed by atoms with Gasteiger partial charge >= 0.3 is 0 Å². The second kappa shape index (κ2) is 5.14. The van der Waals surface area contributed by atoms with Crippen molar-refractivity contribution in [3.05, 3.63) is 34.1 Å². The van der Waals surface area contributed by atoms with Crippen LogP contribution in [0.1, 0.15) is 24.2 Å². The molecule has 0 radical (unpaired) electrons. The number of nitrogens with zero attached hydrogens (tertiary/aromatic N) is 1. The van der Waals surface area contributed by atoms with Crippen molar-refractivity contribution in [2.75, 3.05) is 13.7 Å². The zero-order valence-electron chi connectivity index (χ0n) is 10.00. The first-order chi connectivity index (χ1) is 7.79. The summed E-state index contributed by atoms with van der Waals surface area (Å²) < 4.78 is 13.3. The van der Waals surface area contributed by atoms with Crippen molar-refractivity contribution in [1.82, 2.24) is 4.90 Å². The van der Waals surface area contributed by atoms with Gasteiger partial charge < -0.3 is 10.0 Å². The minimum atomic E-state index is -0.655. The van der Waals surface area contributed by atoms with Crippen LogP contribution < -0.4 is 0 Å². The third kappa shape index (κ3) is 3.04. The molecule has 0 aromatic heterocycles. The summed E-state index contributed by atoms with van der Waals surface area (Å²) in [6, 6.07) is 4.09. The van der Waals surface area contributed by atoms with E-state index in [0.717, 1.165) is 0 Å². The van der Waals surface area contributed by atoms with Crippen LogP contribution in [0.15, 0.2) is 22.7 Å². The minimum Gasteiger partial charge on any atom is -0.394 e. The summed E-state index contributed by atoms with van der Waals surface area (Å²) in [5.74, 6) is -0.671. The van der Waals surface area contributed by atoms with Crippen LogP contribution in [0.25, 0.3) is 0 Å². The van der Waals surface area contributed by atoms with Crippen LogP contribution >= 0.6 is 15.9 Å². The molecule has 0 heterocycles. The van der Waals surface area contributed by atoms with Gasteiger partial charge in [0.05, 0.1) is 16.6 Å². The fourth-order valence-corrected chi connectivity index (χ4v) is 1.58. The molecule has 5 heteroatoms. The van der Waals surface area contributed by atoms with Gasteiger partial charge in [0.15, 0.2) is 0 Å². The first-order valence-corrected chi connectivity index (χ1v) is 5.93. The third-order valence-corrected chi connectivity index (χ3v) is 3.37. The fraction of sp³-hybridized carbons (Fsp3) is 0.417. The topological polar surface area (TPSA) is 40.5 Å². The number of aliphatic hydroxyl groups excluding tert-OH is 1. The van der Waals surface area contributed by atoms with Crippen LogP contribution in [-0.4, -0.2) is 35.1 Å². The van der Waals surface area contributed by atoms with Gasteiger partial charge in [-0.3, -0.25) is 4.79 Å². The first-order valence-electron chi connectivity index (χ1n) is 5.13. The Morgan fingerprint density at radius 1 is 1.53 bits per heavy atom. The number of aliphatic hydroxyl groups is 1. The molecule has 0 fully saturated rings. The van der Waals surface area contributed by atoms with E-state index in [2.05, 4.69) is 15.9 Å². The van der Waals surface area contributed by atoms with Crippen LogP contribution in [0.2, 0.25) is 0 Å². The van der Waals surface area contributed by atoms with Gasteiger partial charge in [-0.25, -0.2) is 4.39 Å². The van der Waals surface area contributed by atoms with E-state index in [1.165, 1.54) is 23.1 Å². The molecule has 1 aromatic rings. The maximum absolute atomic E-state index is 13.1. The van der Waals surface area contributed by atoms with Crippen LogP contribution in [0, 0.1) is 5.82 Å². The molecule has 0 saturated heterocycles. The van der Waals surface area contributed by atoms with Crippen LogP contribution in [0.5, 0.6) is 0 Å². The summed E-state index contributed by atoms with van der Waals surface area (Å²) in [7, 11) is 1.61. The number of benzene rings is 1. The summed E-state index contributed by atoms with van der Waals surface area (Å²) in [4.78, 5) is 13.5. The lowest BCUT2D eigenvalue weighted by molar-refractivity contribution is 0.0473. The van der Waals surface area contributed by atoms with Crippen molar-refractivity contribution in [2.45, 2.75) is 19.4 Å². The van der Waals surface area contributed by atoms with Crippen LogP contribution in [-0.2, 0) is 0 Å². The lowest BCUT2D eigenvalue weighted by Gasteiger charge is -2.34. The van der Waals surface area contributed by atoms with Gasteiger partial charge in [0, 0.05) is 12.6 Å². The number of rotatable bonds is 3. The second-order valence-electron chi connectivity index (χ2n) is 4.46. The molecule has 1 N–H and O–H groups in total. The van der Waals surface area contributed by atoms with Crippen molar-refractivity contribution in [2.24, 2.45) is 0 Å². The molecule has 1 rings (SSSR count). The number of hydrogen-bond acceptors (Lipinski definition) is 2. The summed E-state index contributed by atoms with van der Waals surface area (Å²) in [6.07, 6.45) is 0. The molecule has 1 amide bonds. The van der Waals surface area contributed by atoms with E-state index < -0.39 is 11.4 Å². The van der Waals surface area contributed by atoms with Crippen molar-refractivity contribution in [1.29, 1.82) is 0 Å². The predicted octanol–water partition coefficient (Wildman–Crippen LogP) is 2.43. The average Bonchev–Trinajstić information content (AvgIpc) is 2.30. The lowest BCUT2D eigenvalue weighted by atomic mass is 10.0. The number of carbonyl (C=O) groups is 1. The van der Waals surface area contributed by atoms with Gasteiger partial charge in [-0.2, -0.15) is 0 Å². The summed E-state index contributed by atoms with van der Waals surface area (Å²) >= 11 is 3.04. The normalized spacial score (nSPS) is 11.4. The molecule has 0 unspecified atom stereocenters. The van der Waals surface area contributed by atoms with E-state index in [1.807, 2.05) is 0 Å². The summed E-state index contributed by atoms with van der Waals surface area (Å²) in [5.41, 5.74) is -0.278. The Balaban J connectivity index is 3.01. The van der Waals surface area contributed by atoms with E-state index in [9.17, 15) is 14.3 Å². The molecule has 0 aliphatic carbocycles. The molecule has 1 aromatic carbocycles. The second-order valence-corrected chi connectivity index (χ2v) is 5.32. The van der Waals surface area contributed by atoms with Crippen molar-refractivity contribution in [3.8, 4) is 0 Å². The third-order valence-electron chi connectivity index (χ3n) is 2.77. The van der Waals surface area contributed by atoms with E-state index in [-0.39, 0.29) is 17.0 Å². The molecule has 0 saturated carbocycles. The highest BCUT2D eigenvalue weighted by Crippen LogP contribution is 2.20. The van der Waals surface area contributed by atoms with E-state index >= 15 is 0 Å².